The summed E-state index contributed by atoms with van der Waals surface area (Å²) in [5.41, 5.74) is 2.00. The average Bonchev–Trinajstić information content (AvgIpc) is 2.15. The van der Waals surface area contributed by atoms with E-state index in [1.165, 1.54) is 0 Å². The Bertz CT molecular complexity index is 342. The summed E-state index contributed by atoms with van der Waals surface area (Å²) >= 11 is 0. The van der Waals surface area contributed by atoms with Crippen molar-refractivity contribution in [1.82, 2.24) is 0 Å². The average molecular weight is 206 g/mol. The number of carboxylic acids is 1. The number of carboxylic acid groups (broad SMARTS) is 1. The fraction of sp³-hybridized carbons (Fsp3) is 0.462. The van der Waals surface area contributed by atoms with Gasteiger partial charge in [0.15, 0.2) is 0 Å². The maximum atomic E-state index is 11.2. The standard InChI is InChI=1S/C13H18O2/c1-9(2)8-12(13(14)15)11-7-5-4-6-10(11)3/h4-7,9,12H,8H2,1-3H3,(H,14,15). The second kappa shape index (κ2) is 4.96. The minimum absolute atomic E-state index is 0.369. The van der Waals surface area contributed by atoms with E-state index in [4.69, 9.17) is 0 Å². The minimum atomic E-state index is -0.724. The van der Waals surface area contributed by atoms with Crippen LogP contribution in [0, 0.1) is 12.8 Å². The molecule has 0 heterocycles. The van der Waals surface area contributed by atoms with E-state index in [1.54, 1.807) is 0 Å². The Morgan fingerprint density at radius 2 is 1.93 bits per heavy atom. The van der Waals surface area contributed by atoms with Gasteiger partial charge < -0.3 is 5.11 Å². The quantitative estimate of drug-likeness (QED) is 0.821. The van der Waals surface area contributed by atoms with Gasteiger partial charge in [0.1, 0.15) is 0 Å². The highest BCUT2D eigenvalue weighted by molar-refractivity contribution is 5.76. The molecule has 0 spiro atoms. The molecule has 0 aromatic heterocycles. The summed E-state index contributed by atoms with van der Waals surface area (Å²) in [4.78, 5) is 11.2. The molecule has 0 aliphatic heterocycles. The van der Waals surface area contributed by atoms with Crippen molar-refractivity contribution in [3.05, 3.63) is 35.4 Å². The van der Waals surface area contributed by atoms with Crippen LogP contribution in [0.3, 0.4) is 0 Å². The van der Waals surface area contributed by atoms with Crippen molar-refractivity contribution in [2.45, 2.75) is 33.1 Å². The van der Waals surface area contributed by atoms with Crippen LogP contribution in [0.5, 0.6) is 0 Å². The van der Waals surface area contributed by atoms with Gasteiger partial charge in [0.25, 0.3) is 0 Å². The van der Waals surface area contributed by atoms with E-state index in [2.05, 4.69) is 0 Å². The van der Waals surface area contributed by atoms with E-state index in [9.17, 15) is 9.90 Å². The van der Waals surface area contributed by atoms with Crippen molar-refractivity contribution >= 4 is 5.97 Å². The fourth-order valence-corrected chi connectivity index (χ4v) is 1.81. The summed E-state index contributed by atoms with van der Waals surface area (Å²) in [6.45, 7) is 6.06. The second-order valence-corrected chi connectivity index (χ2v) is 4.38. The summed E-state index contributed by atoms with van der Waals surface area (Å²) in [7, 11) is 0. The van der Waals surface area contributed by atoms with Gasteiger partial charge in [-0.3, -0.25) is 4.79 Å². The third-order valence-corrected chi connectivity index (χ3v) is 2.57. The largest absolute Gasteiger partial charge is 0.481 e. The van der Waals surface area contributed by atoms with Gasteiger partial charge in [0, 0.05) is 0 Å². The second-order valence-electron chi connectivity index (χ2n) is 4.38. The van der Waals surface area contributed by atoms with Crippen LogP contribution < -0.4 is 0 Å². The summed E-state index contributed by atoms with van der Waals surface area (Å²) in [6.07, 6.45) is 0.695. The predicted molar refractivity (Wildman–Crippen MR) is 61.0 cm³/mol. The van der Waals surface area contributed by atoms with Crippen molar-refractivity contribution in [3.8, 4) is 0 Å². The monoisotopic (exact) mass is 206 g/mol. The minimum Gasteiger partial charge on any atom is -0.481 e. The molecule has 1 aromatic carbocycles. The van der Waals surface area contributed by atoms with Gasteiger partial charge in [-0.2, -0.15) is 0 Å². The van der Waals surface area contributed by atoms with Crippen LogP contribution in [-0.4, -0.2) is 11.1 Å². The Morgan fingerprint density at radius 3 is 2.40 bits per heavy atom. The van der Waals surface area contributed by atoms with Crippen LogP contribution in [0.1, 0.15) is 37.3 Å². The molecule has 0 amide bonds. The molecule has 1 unspecified atom stereocenters. The first-order chi connectivity index (χ1) is 7.02. The Hall–Kier alpha value is -1.31. The van der Waals surface area contributed by atoms with E-state index in [-0.39, 0.29) is 5.92 Å². The molecule has 0 bridgehead atoms. The number of hydrogen-bond donors (Lipinski definition) is 1. The number of rotatable bonds is 4. The maximum absolute atomic E-state index is 11.2. The number of aryl methyl sites for hydroxylation is 1. The van der Waals surface area contributed by atoms with Gasteiger partial charge in [-0.05, 0) is 30.4 Å². The molecule has 0 radical (unpaired) electrons. The molecule has 1 aromatic rings. The number of benzene rings is 1. The molecule has 1 atom stereocenters. The van der Waals surface area contributed by atoms with Crippen molar-refractivity contribution in [3.63, 3.8) is 0 Å². The van der Waals surface area contributed by atoms with Crippen LogP contribution in [-0.2, 0) is 4.79 Å². The summed E-state index contributed by atoms with van der Waals surface area (Å²) in [5, 5.41) is 9.20. The summed E-state index contributed by atoms with van der Waals surface area (Å²) < 4.78 is 0. The third kappa shape index (κ3) is 3.08. The highest BCUT2D eigenvalue weighted by atomic mass is 16.4. The van der Waals surface area contributed by atoms with Crippen molar-refractivity contribution in [2.24, 2.45) is 5.92 Å². The molecule has 2 heteroatoms. The summed E-state index contributed by atoms with van der Waals surface area (Å²) in [6, 6.07) is 7.72. The van der Waals surface area contributed by atoms with E-state index < -0.39 is 5.97 Å². The lowest BCUT2D eigenvalue weighted by Gasteiger charge is -2.16. The fourth-order valence-electron chi connectivity index (χ4n) is 1.81. The predicted octanol–water partition coefficient (Wildman–Crippen LogP) is 3.21. The molecule has 0 fully saturated rings. The Morgan fingerprint density at radius 1 is 1.33 bits per heavy atom. The van der Waals surface area contributed by atoms with Crippen molar-refractivity contribution in [2.75, 3.05) is 0 Å². The van der Waals surface area contributed by atoms with Crippen LogP contribution in [0.25, 0.3) is 0 Å². The zero-order chi connectivity index (χ0) is 11.4. The molecular weight excluding hydrogens is 188 g/mol. The Kier molecular flexibility index (Phi) is 3.89. The summed E-state index contributed by atoms with van der Waals surface area (Å²) in [5.74, 6) is -0.699. The molecule has 1 rings (SSSR count). The van der Waals surface area contributed by atoms with Gasteiger partial charge in [-0.15, -0.1) is 0 Å². The SMILES string of the molecule is Cc1ccccc1C(CC(C)C)C(=O)O. The van der Waals surface area contributed by atoms with Gasteiger partial charge in [-0.25, -0.2) is 0 Å². The molecule has 15 heavy (non-hydrogen) atoms. The lowest BCUT2D eigenvalue weighted by molar-refractivity contribution is -0.139. The highest BCUT2D eigenvalue weighted by Crippen LogP contribution is 2.26. The lowest BCUT2D eigenvalue weighted by atomic mass is 9.88. The normalized spacial score (nSPS) is 12.8. The zero-order valence-corrected chi connectivity index (χ0v) is 9.53. The topological polar surface area (TPSA) is 37.3 Å². The third-order valence-electron chi connectivity index (χ3n) is 2.57. The maximum Gasteiger partial charge on any atom is 0.310 e. The molecule has 1 N–H and O–H groups in total. The van der Waals surface area contributed by atoms with Crippen LogP contribution in [0.4, 0.5) is 0 Å². The number of carbonyl (C=O) groups is 1. The lowest BCUT2D eigenvalue weighted by Crippen LogP contribution is -2.15. The van der Waals surface area contributed by atoms with E-state index in [0.29, 0.717) is 12.3 Å². The van der Waals surface area contributed by atoms with Crippen molar-refractivity contribution in [1.29, 1.82) is 0 Å². The Balaban J connectivity index is 2.99. The molecule has 82 valence electrons. The highest BCUT2D eigenvalue weighted by Gasteiger charge is 2.22. The molecule has 0 aliphatic rings. The van der Waals surface area contributed by atoms with Crippen LogP contribution in [0.15, 0.2) is 24.3 Å². The smallest absolute Gasteiger partial charge is 0.310 e. The van der Waals surface area contributed by atoms with Gasteiger partial charge in [0.2, 0.25) is 0 Å². The molecular formula is C13H18O2. The number of hydrogen-bond acceptors (Lipinski definition) is 1. The zero-order valence-electron chi connectivity index (χ0n) is 9.53. The first-order valence-electron chi connectivity index (χ1n) is 5.30. The van der Waals surface area contributed by atoms with Gasteiger partial charge in [-0.1, -0.05) is 38.1 Å². The first kappa shape index (κ1) is 11.8. The molecule has 0 aliphatic carbocycles. The molecule has 0 saturated carbocycles. The van der Waals surface area contributed by atoms with Crippen LogP contribution >= 0.6 is 0 Å². The van der Waals surface area contributed by atoms with Crippen LogP contribution in [0.2, 0.25) is 0 Å². The number of aliphatic carboxylic acids is 1. The van der Waals surface area contributed by atoms with Crippen molar-refractivity contribution < 1.29 is 9.90 Å². The first-order valence-corrected chi connectivity index (χ1v) is 5.30. The molecule has 2 nitrogen and oxygen atoms in total. The van der Waals surface area contributed by atoms with E-state index in [0.717, 1.165) is 11.1 Å². The van der Waals surface area contributed by atoms with E-state index in [1.807, 2.05) is 45.0 Å². The molecule has 0 saturated heterocycles. The van der Waals surface area contributed by atoms with E-state index >= 15 is 0 Å². The van der Waals surface area contributed by atoms with Gasteiger partial charge >= 0.3 is 5.97 Å². The van der Waals surface area contributed by atoms with Gasteiger partial charge in [0.05, 0.1) is 5.92 Å². The Labute approximate surface area is 90.9 Å².